The fourth-order valence-electron chi connectivity index (χ4n) is 3.52. The molecule has 2 N–H and O–H groups in total. The highest BCUT2D eigenvalue weighted by atomic mass is 32.2. The zero-order valence-corrected chi connectivity index (χ0v) is 13.6. The van der Waals surface area contributed by atoms with E-state index in [0.29, 0.717) is 31.0 Å². The van der Waals surface area contributed by atoms with E-state index in [-0.39, 0.29) is 0 Å². The van der Waals surface area contributed by atoms with Gasteiger partial charge in [-0.3, -0.25) is 0 Å². The summed E-state index contributed by atoms with van der Waals surface area (Å²) in [5.74, 6) is 1.08. The van der Waals surface area contributed by atoms with E-state index >= 15 is 0 Å². The number of nitrogens with zero attached hydrogens (tertiary/aromatic N) is 2. The van der Waals surface area contributed by atoms with E-state index in [4.69, 9.17) is 5.73 Å². The van der Waals surface area contributed by atoms with E-state index in [1.165, 1.54) is 19.1 Å². The summed E-state index contributed by atoms with van der Waals surface area (Å²) < 4.78 is 25.0. The molecule has 2 aliphatic rings. The van der Waals surface area contributed by atoms with Crippen LogP contribution in [0, 0.1) is 11.8 Å². The van der Waals surface area contributed by atoms with Gasteiger partial charge in [0, 0.05) is 32.2 Å². The molecule has 0 saturated carbocycles. The lowest BCUT2D eigenvalue weighted by Gasteiger charge is -2.41. The molecule has 0 spiro atoms. The molecule has 0 bridgehead atoms. The van der Waals surface area contributed by atoms with Gasteiger partial charge in [-0.1, -0.05) is 0 Å². The monoisotopic (exact) mass is 303 g/mol. The minimum atomic E-state index is -3.03. The SMILES string of the molecule is CC1CCC(CN)CN1CC1CCCN(S(C)(=O)=O)C1. The van der Waals surface area contributed by atoms with Gasteiger partial charge >= 0.3 is 0 Å². The van der Waals surface area contributed by atoms with Crippen LogP contribution in [-0.4, -0.2) is 62.6 Å². The molecule has 2 aliphatic heterocycles. The van der Waals surface area contributed by atoms with Crippen LogP contribution in [0.3, 0.4) is 0 Å². The van der Waals surface area contributed by atoms with Crippen molar-refractivity contribution in [1.82, 2.24) is 9.21 Å². The highest BCUT2D eigenvalue weighted by molar-refractivity contribution is 7.88. The quantitative estimate of drug-likeness (QED) is 0.831. The average Bonchev–Trinajstić information content (AvgIpc) is 2.41. The number of hydrogen-bond acceptors (Lipinski definition) is 4. The first kappa shape index (κ1) is 16.2. The highest BCUT2D eigenvalue weighted by Crippen LogP contribution is 2.25. The van der Waals surface area contributed by atoms with Gasteiger partial charge in [0.15, 0.2) is 0 Å². The largest absolute Gasteiger partial charge is 0.330 e. The molecule has 2 rings (SSSR count). The molecule has 118 valence electrons. The van der Waals surface area contributed by atoms with Gasteiger partial charge in [0.05, 0.1) is 6.26 Å². The maximum Gasteiger partial charge on any atom is 0.211 e. The topological polar surface area (TPSA) is 66.6 Å². The predicted molar refractivity (Wildman–Crippen MR) is 82.0 cm³/mol. The number of rotatable bonds is 4. The first-order valence-electron chi connectivity index (χ1n) is 7.79. The molecule has 0 aromatic heterocycles. The lowest BCUT2D eigenvalue weighted by Crippen LogP contribution is -2.49. The molecule has 0 aromatic carbocycles. The summed E-state index contributed by atoms with van der Waals surface area (Å²) in [6, 6.07) is 0.603. The molecule has 0 aliphatic carbocycles. The number of sulfonamides is 1. The molecule has 6 heteroatoms. The van der Waals surface area contributed by atoms with Crippen LogP contribution in [0.5, 0.6) is 0 Å². The van der Waals surface area contributed by atoms with Crippen LogP contribution in [-0.2, 0) is 10.0 Å². The third-order valence-electron chi connectivity index (χ3n) is 4.89. The van der Waals surface area contributed by atoms with Crippen molar-refractivity contribution < 1.29 is 8.42 Å². The van der Waals surface area contributed by atoms with Crippen LogP contribution >= 0.6 is 0 Å². The van der Waals surface area contributed by atoms with Gasteiger partial charge in [-0.15, -0.1) is 0 Å². The fourth-order valence-corrected chi connectivity index (χ4v) is 4.46. The lowest BCUT2D eigenvalue weighted by molar-refractivity contribution is 0.0871. The summed E-state index contributed by atoms with van der Waals surface area (Å²) in [4.78, 5) is 2.53. The second-order valence-corrected chi connectivity index (χ2v) is 8.59. The van der Waals surface area contributed by atoms with Crippen molar-refractivity contribution >= 4 is 10.0 Å². The van der Waals surface area contributed by atoms with Crippen molar-refractivity contribution in [1.29, 1.82) is 0 Å². The molecule has 5 nitrogen and oxygen atoms in total. The second-order valence-electron chi connectivity index (χ2n) is 6.61. The Balaban J connectivity index is 1.91. The van der Waals surface area contributed by atoms with E-state index in [1.807, 2.05) is 0 Å². The van der Waals surface area contributed by atoms with Crippen LogP contribution in [0.2, 0.25) is 0 Å². The Morgan fingerprint density at radius 2 is 1.90 bits per heavy atom. The Morgan fingerprint density at radius 3 is 2.55 bits per heavy atom. The first-order chi connectivity index (χ1) is 9.40. The molecule has 3 atom stereocenters. The molecular formula is C14H29N3O2S. The molecule has 0 radical (unpaired) electrons. The Bertz CT molecular complexity index is 413. The fraction of sp³-hybridized carbons (Fsp3) is 1.00. The van der Waals surface area contributed by atoms with E-state index in [0.717, 1.165) is 32.5 Å². The second kappa shape index (κ2) is 6.73. The van der Waals surface area contributed by atoms with Crippen molar-refractivity contribution in [3.05, 3.63) is 0 Å². The van der Waals surface area contributed by atoms with Crippen LogP contribution in [0.15, 0.2) is 0 Å². The van der Waals surface area contributed by atoms with Crippen molar-refractivity contribution in [3.63, 3.8) is 0 Å². The van der Waals surface area contributed by atoms with Gasteiger partial charge in [-0.05, 0) is 51.0 Å². The normalized spacial score (nSPS) is 34.2. The molecular weight excluding hydrogens is 274 g/mol. The number of piperidine rings is 2. The predicted octanol–water partition coefficient (Wildman–Crippen LogP) is 0.717. The summed E-state index contributed by atoms with van der Waals surface area (Å²) in [6.07, 6.45) is 5.89. The van der Waals surface area contributed by atoms with Crippen molar-refractivity contribution in [3.8, 4) is 0 Å². The van der Waals surface area contributed by atoms with Gasteiger partial charge in [0.25, 0.3) is 0 Å². The van der Waals surface area contributed by atoms with Crippen molar-refractivity contribution in [2.45, 2.75) is 38.6 Å². The van der Waals surface area contributed by atoms with Crippen LogP contribution in [0.4, 0.5) is 0 Å². The maximum atomic E-state index is 11.7. The number of nitrogens with two attached hydrogens (primary N) is 1. The van der Waals surface area contributed by atoms with Crippen LogP contribution in [0.25, 0.3) is 0 Å². The van der Waals surface area contributed by atoms with E-state index in [9.17, 15) is 8.42 Å². The third-order valence-corrected chi connectivity index (χ3v) is 6.16. The number of likely N-dealkylation sites (tertiary alicyclic amines) is 1. The molecule has 20 heavy (non-hydrogen) atoms. The molecule has 2 heterocycles. The molecule has 0 aromatic rings. The summed E-state index contributed by atoms with van der Waals surface area (Å²) >= 11 is 0. The smallest absolute Gasteiger partial charge is 0.211 e. The van der Waals surface area contributed by atoms with Gasteiger partial charge < -0.3 is 10.6 Å². The van der Waals surface area contributed by atoms with Crippen LogP contribution < -0.4 is 5.73 Å². The molecule has 2 saturated heterocycles. The van der Waals surface area contributed by atoms with E-state index in [1.54, 1.807) is 4.31 Å². The van der Waals surface area contributed by atoms with Crippen LogP contribution in [0.1, 0.15) is 32.6 Å². The number of hydrogen-bond donors (Lipinski definition) is 1. The maximum absolute atomic E-state index is 11.7. The van der Waals surface area contributed by atoms with Gasteiger partial charge in [0.2, 0.25) is 10.0 Å². The van der Waals surface area contributed by atoms with Crippen molar-refractivity contribution in [2.24, 2.45) is 17.6 Å². The Kier molecular flexibility index (Phi) is 5.45. The van der Waals surface area contributed by atoms with E-state index in [2.05, 4.69) is 11.8 Å². The zero-order chi connectivity index (χ0) is 14.8. The Hall–Kier alpha value is -0.170. The molecule has 0 amide bonds. The molecule has 2 fully saturated rings. The van der Waals surface area contributed by atoms with Gasteiger partial charge in [-0.25, -0.2) is 12.7 Å². The highest BCUT2D eigenvalue weighted by Gasteiger charge is 2.30. The minimum Gasteiger partial charge on any atom is -0.330 e. The van der Waals surface area contributed by atoms with Gasteiger partial charge in [-0.2, -0.15) is 0 Å². The Labute approximate surface area is 123 Å². The summed E-state index contributed by atoms with van der Waals surface area (Å²) in [7, 11) is -3.03. The molecule has 3 unspecified atom stereocenters. The summed E-state index contributed by atoms with van der Waals surface area (Å²) in [5.41, 5.74) is 5.81. The summed E-state index contributed by atoms with van der Waals surface area (Å²) in [6.45, 7) is 6.52. The Morgan fingerprint density at radius 1 is 1.15 bits per heavy atom. The zero-order valence-electron chi connectivity index (χ0n) is 12.8. The standard InChI is InChI=1S/C14H29N3O2S/c1-12-5-6-13(8-15)9-16(12)10-14-4-3-7-17(11-14)20(2,18)19/h12-14H,3-11,15H2,1-2H3. The summed E-state index contributed by atoms with van der Waals surface area (Å²) in [5, 5.41) is 0. The van der Waals surface area contributed by atoms with Gasteiger partial charge in [0.1, 0.15) is 0 Å². The first-order valence-corrected chi connectivity index (χ1v) is 9.64. The average molecular weight is 303 g/mol. The minimum absolute atomic E-state index is 0.470. The third kappa shape index (κ3) is 4.16. The van der Waals surface area contributed by atoms with Crippen molar-refractivity contribution in [2.75, 3.05) is 39.0 Å². The van der Waals surface area contributed by atoms with E-state index < -0.39 is 10.0 Å². The lowest BCUT2D eigenvalue weighted by atomic mass is 9.91.